The van der Waals surface area contributed by atoms with Crippen LogP contribution in [0.3, 0.4) is 0 Å². The number of aromatic nitrogens is 1. The Morgan fingerprint density at radius 2 is 1.93 bits per heavy atom. The van der Waals surface area contributed by atoms with Gasteiger partial charge in [-0.2, -0.15) is 5.26 Å². The number of benzene rings is 1. The van der Waals surface area contributed by atoms with Crippen molar-refractivity contribution in [2.75, 3.05) is 13.2 Å². The third-order valence-electron chi connectivity index (χ3n) is 4.68. The van der Waals surface area contributed by atoms with Crippen molar-refractivity contribution in [2.24, 2.45) is 0 Å². The summed E-state index contributed by atoms with van der Waals surface area (Å²) in [6.45, 7) is 6.40. The summed E-state index contributed by atoms with van der Waals surface area (Å²) < 4.78 is 13.0. The van der Waals surface area contributed by atoms with Crippen molar-refractivity contribution in [3.63, 3.8) is 0 Å². The quantitative estimate of drug-likeness (QED) is 0.318. The highest BCUT2D eigenvalue weighted by atomic mass is 16.6. The summed E-state index contributed by atoms with van der Waals surface area (Å²) in [4.78, 5) is 12.2. The summed E-state index contributed by atoms with van der Waals surface area (Å²) >= 11 is 0. The number of hydrogen-bond acceptors (Lipinski definition) is 4. The van der Waals surface area contributed by atoms with Crippen LogP contribution in [0.1, 0.15) is 41.4 Å². The molecule has 0 unspecified atom stereocenters. The molecule has 0 N–H and O–H groups in total. The van der Waals surface area contributed by atoms with E-state index in [2.05, 4.69) is 11.5 Å². The van der Waals surface area contributed by atoms with Crippen molar-refractivity contribution < 1.29 is 14.3 Å². The van der Waals surface area contributed by atoms with Gasteiger partial charge in [0.2, 0.25) is 0 Å². The van der Waals surface area contributed by atoms with Crippen LogP contribution in [0.2, 0.25) is 0 Å². The van der Waals surface area contributed by atoms with Gasteiger partial charge in [0.15, 0.2) is 0 Å². The zero-order valence-corrected chi connectivity index (χ0v) is 16.0. The largest absolute Gasteiger partial charge is 0.490 e. The number of hydrogen-bond donors (Lipinski definition) is 0. The molecular formula is C22H24N2O3. The zero-order chi connectivity index (χ0) is 19.4. The third kappa shape index (κ3) is 4.59. The molecule has 3 rings (SSSR count). The molecule has 1 aromatic carbocycles. The fourth-order valence-corrected chi connectivity index (χ4v) is 3.14. The van der Waals surface area contributed by atoms with E-state index in [1.54, 1.807) is 6.08 Å². The maximum Gasteiger partial charge on any atom is 0.349 e. The summed E-state index contributed by atoms with van der Waals surface area (Å²) in [6, 6.07) is 12.2. The van der Waals surface area contributed by atoms with Gasteiger partial charge in [-0.1, -0.05) is 17.7 Å². The molecule has 0 spiro atoms. The van der Waals surface area contributed by atoms with Crippen molar-refractivity contribution in [2.45, 2.75) is 39.7 Å². The molecule has 2 aromatic rings. The van der Waals surface area contributed by atoms with Gasteiger partial charge in [0.25, 0.3) is 0 Å². The fourth-order valence-electron chi connectivity index (χ4n) is 3.14. The monoisotopic (exact) mass is 364 g/mol. The summed E-state index contributed by atoms with van der Waals surface area (Å²) in [6.07, 6.45) is 3.99. The molecule has 1 heterocycles. The third-order valence-corrected chi connectivity index (χ3v) is 4.68. The van der Waals surface area contributed by atoms with Gasteiger partial charge in [-0.3, -0.25) is 0 Å². The number of carbonyl (C=O) groups is 1. The second-order valence-corrected chi connectivity index (χ2v) is 6.89. The highest BCUT2D eigenvalue weighted by Gasteiger charge is 2.26. The Labute approximate surface area is 159 Å². The average Bonchev–Trinajstić information content (AvgIpc) is 3.44. The highest BCUT2D eigenvalue weighted by molar-refractivity contribution is 5.98. The van der Waals surface area contributed by atoms with Gasteiger partial charge in [-0.15, -0.1) is 0 Å². The van der Waals surface area contributed by atoms with Crippen LogP contribution in [0.25, 0.3) is 6.08 Å². The molecule has 1 aliphatic rings. The summed E-state index contributed by atoms with van der Waals surface area (Å²) in [5.41, 5.74) is 4.28. The second kappa shape index (κ2) is 8.13. The Morgan fingerprint density at radius 3 is 2.56 bits per heavy atom. The van der Waals surface area contributed by atoms with Crippen LogP contribution in [0.5, 0.6) is 5.75 Å². The molecule has 0 amide bonds. The number of aryl methyl sites for hydroxylation is 2. The minimum atomic E-state index is -0.624. The Balaban J connectivity index is 1.57. The van der Waals surface area contributed by atoms with Crippen molar-refractivity contribution >= 4 is 12.0 Å². The SMILES string of the molecule is Cc1ccc(OCCOC(=O)/C(C#N)=C/c2cc(C)n(C3CC3)c2C)cc1. The number of ether oxygens (including phenoxy) is 2. The lowest BCUT2D eigenvalue weighted by atomic mass is 10.1. The summed E-state index contributed by atoms with van der Waals surface area (Å²) in [5.74, 6) is 0.0986. The van der Waals surface area contributed by atoms with Gasteiger partial charge in [0, 0.05) is 17.4 Å². The Hall–Kier alpha value is -3.00. The lowest BCUT2D eigenvalue weighted by Crippen LogP contribution is -2.13. The van der Waals surface area contributed by atoms with Gasteiger partial charge in [-0.05, 0) is 63.5 Å². The van der Waals surface area contributed by atoms with Crippen molar-refractivity contribution in [1.82, 2.24) is 4.57 Å². The van der Waals surface area contributed by atoms with E-state index in [-0.39, 0.29) is 18.8 Å². The molecule has 0 bridgehead atoms. The normalized spacial score (nSPS) is 13.9. The molecule has 0 atom stereocenters. The van der Waals surface area contributed by atoms with E-state index in [0.717, 1.165) is 28.3 Å². The predicted octanol–water partition coefficient (Wildman–Crippen LogP) is 4.28. The molecule has 0 aliphatic heterocycles. The van der Waals surface area contributed by atoms with Gasteiger partial charge in [0.05, 0.1) is 0 Å². The van der Waals surface area contributed by atoms with E-state index in [0.29, 0.717) is 6.04 Å². The first-order chi connectivity index (χ1) is 13.0. The summed E-state index contributed by atoms with van der Waals surface area (Å²) in [7, 11) is 0. The molecule has 0 saturated heterocycles. The maximum absolute atomic E-state index is 12.2. The van der Waals surface area contributed by atoms with Gasteiger partial charge >= 0.3 is 5.97 Å². The maximum atomic E-state index is 12.2. The second-order valence-electron chi connectivity index (χ2n) is 6.89. The van der Waals surface area contributed by atoms with E-state index < -0.39 is 5.97 Å². The van der Waals surface area contributed by atoms with Gasteiger partial charge in [-0.25, -0.2) is 4.79 Å². The number of nitrogens with zero attached hydrogens (tertiary/aromatic N) is 2. The van der Waals surface area contributed by atoms with Crippen LogP contribution in [0.4, 0.5) is 0 Å². The lowest BCUT2D eigenvalue weighted by molar-refractivity contribution is -0.139. The van der Waals surface area contributed by atoms with Crippen molar-refractivity contribution in [3.8, 4) is 11.8 Å². The number of rotatable bonds is 7. The van der Waals surface area contributed by atoms with Crippen molar-refractivity contribution in [3.05, 3.63) is 58.4 Å². The Morgan fingerprint density at radius 1 is 1.22 bits per heavy atom. The number of carbonyl (C=O) groups excluding carboxylic acids is 1. The van der Waals surface area contributed by atoms with Gasteiger partial charge < -0.3 is 14.0 Å². The van der Waals surface area contributed by atoms with Crippen LogP contribution in [0, 0.1) is 32.1 Å². The van der Waals surface area contributed by atoms with Crippen molar-refractivity contribution in [1.29, 1.82) is 5.26 Å². The van der Waals surface area contributed by atoms with E-state index in [4.69, 9.17) is 9.47 Å². The first-order valence-electron chi connectivity index (χ1n) is 9.16. The number of nitriles is 1. The standard InChI is InChI=1S/C22H24N2O3/c1-15-4-8-21(9-5-15)26-10-11-27-22(25)19(14-23)13-18-12-16(2)24(17(18)3)20-6-7-20/h4-5,8-9,12-13,20H,6-7,10-11H2,1-3H3/b19-13+. The molecule has 1 saturated carbocycles. The highest BCUT2D eigenvalue weighted by Crippen LogP contribution is 2.38. The minimum absolute atomic E-state index is 0.00128. The first kappa shape index (κ1) is 18.8. The smallest absolute Gasteiger partial charge is 0.349 e. The van der Waals surface area contributed by atoms with Crippen LogP contribution < -0.4 is 4.74 Å². The molecule has 140 valence electrons. The molecule has 5 heteroatoms. The van der Waals surface area contributed by atoms with E-state index in [1.165, 1.54) is 12.8 Å². The molecule has 5 nitrogen and oxygen atoms in total. The van der Waals surface area contributed by atoms with E-state index >= 15 is 0 Å². The molecule has 1 aromatic heterocycles. The Bertz CT molecular complexity index is 897. The zero-order valence-electron chi connectivity index (χ0n) is 16.0. The molecule has 27 heavy (non-hydrogen) atoms. The van der Waals surface area contributed by atoms with E-state index in [9.17, 15) is 10.1 Å². The topological polar surface area (TPSA) is 64.2 Å². The number of esters is 1. The van der Waals surface area contributed by atoms with E-state index in [1.807, 2.05) is 50.2 Å². The first-order valence-corrected chi connectivity index (χ1v) is 9.16. The van der Waals surface area contributed by atoms with Crippen LogP contribution in [-0.4, -0.2) is 23.8 Å². The Kier molecular flexibility index (Phi) is 5.66. The molecule has 1 aliphatic carbocycles. The fraction of sp³-hybridized carbons (Fsp3) is 0.364. The lowest BCUT2D eigenvalue weighted by Gasteiger charge is -2.08. The molecular weight excluding hydrogens is 340 g/mol. The predicted molar refractivity (Wildman–Crippen MR) is 103 cm³/mol. The van der Waals surface area contributed by atoms with Crippen LogP contribution in [-0.2, 0) is 9.53 Å². The average molecular weight is 364 g/mol. The molecule has 1 fully saturated rings. The summed E-state index contributed by atoms with van der Waals surface area (Å²) in [5, 5.41) is 9.35. The molecule has 0 radical (unpaired) electrons. The van der Waals surface area contributed by atoms with Gasteiger partial charge in [0.1, 0.15) is 30.6 Å². The van der Waals surface area contributed by atoms with Crippen LogP contribution in [0.15, 0.2) is 35.9 Å². The van der Waals surface area contributed by atoms with Crippen LogP contribution >= 0.6 is 0 Å². The minimum Gasteiger partial charge on any atom is -0.490 e.